The zero-order valence-corrected chi connectivity index (χ0v) is 62.6. The molecule has 0 fully saturated rings. The Hall–Kier alpha value is -3.50. The molecule has 0 saturated heterocycles. The molecule has 0 heterocycles. The Balaban J connectivity index is 5.29. The molecule has 5 unspecified atom stereocenters. The molecule has 0 aliphatic heterocycles. The number of unbranched alkanes of at least 4 members (excludes halogenated alkanes) is 34. The topological polar surface area (TPSA) is 237 Å². The first-order chi connectivity index (χ1) is 46.7. The van der Waals surface area contributed by atoms with Crippen LogP contribution < -0.4 is 0 Å². The molecule has 0 aliphatic rings. The van der Waals surface area contributed by atoms with Crippen LogP contribution >= 0.6 is 15.6 Å². The molecule has 0 aliphatic carbocycles. The summed E-state index contributed by atoms with van der Waals surface area (Å²) in [5, 5.41) is 10.6. The van der Waals surface area contributed by atoms with E-state index in [-0.39, 0.29) is 25.7 Å². The summed E-state index contributed by atoms with van der Waals surface area (Å²) in [6, 6.07) is 0. The molecule has 0 spiro atoms. The maximum absolute atomic E-state index is 13.1. The standard InChI is InChI=1S/C77H138O17P2/c1-5-9-13-17-21-25-29-32-34-35-37-40-43-46-50-54-58-62-75(80)88-68-73(94-77(82)64-60-56-52-48-44-38-31-27-23-19-15-11-7-3)70-92-96(85,86)90-66-71(78)65-89-95(83,84)91-69-72(93-76(81)63-59-55-51-47-41-28-24-20-16-12-8-4)67-87-74(79)61-57-53-49-45-42-39-36-33-30-26-22-18-14-10-6-2/h9,13,15,19-21,24-25,27,31-32,34,71-73,78H,5-8,10-12,14,16-18,22-23,26,28-30,33,35-70H2,1-4H3,(H,83,84)(H,85,86)/b13-9-,19-15-,24-20-,25-21-,31-27-,34-32-. The second kappa shape index (κ2) is 70.0. The molecule has 17 nitrogen and oxygen atoms in total. The van der Waals surface area contributed by atoms with E-state index in [1.54, 1.807) is 0 Å². The van der Waals surface area contributed by atoms with Gasteiger partial charge in [0.25, 0.3) is 0 Å². The van der Waals surface area contributed by atoms with Gasteiger partial charge in [0.15, 0.2) is 12.2 Å². The molecule has 0 amide bonds. The third kappa shape index (κ3) is 69.0. The van der Waals surface area contributed by atoms with Crippen molar-refractivity contribution < 1.29 is 80.2 Å². The first-order valence-corrected chi connectivity index (χ1v) is 41.2. The van der Waals surface area contributed by atoms with Gasteiger partial charge in [-0.1, -0.05) is 280 Å². The van der Waals surface area contributed by atoms with Crippen molar-refractivity contribution in [3.63, 3.8) is 0 Å². The Morgan fingerprint density at radius 1 is 0.302 bits per heavy atom. The van der Waals surface area contributed by atoms with E-state index in [9.17, 15) is 43.2 Å². The number of hydrogen-bond donors (Lipinski definition) is 3. The summed E-state index contributed by atoms with van der Waals surface area (Å²) in [6.07, 6.45) is 69.0. The van der Waals surface area contributed by atoms with E-state index in [2.05, 4.69) is 101 Å². The Kier molecular flexibility index (Phi) is 67.4. The van der Waals surface area contributed by atoms with Gasteiger partial charge in [-0.2, -0.15) is 0 Å². The fourth-order valence-corrected chi connectivity index (χ4v) is 11.9. The van der Waals surface area contributed by atoms with Crippen LogP contribution in [0.4, 0.5) is 0 Å². The summed E-state index contributed by atoms with van der Waals surface area (Å²) in [5.74, 6) is -2.19. The third-order valence-electron chi connectivity index (χ3n) is 16.1. The van der Waals surface area contributed by atoms with Gasteiger partial charge in [-0.05, 0) is 103 Å². The molecule has 0 aromatic carbocycles. The molecular formula is C77H138O17P2. The predicted octanol–water partition coefficient (Wildman–Crippen LogP) is 21.7. The van der Waals surface area contributed by atoms with Crippen molar-refractivity contribution >= 4 is 39.5 Å². The highest BCUT2D eigenvalue weighted by atomic mass is 31.2. The van der Waals surface area contributed by atoms with E-state index < -0.39 is 97.5 Å². The Labute approximate surface area is 583 Å². The number of rotatable bonds is 72. The fourth-order valence-electron chi connectivity index (χ4n) is 10.3. The van der Waals surface area contributed by atoms with Crippen molar-refractivity contribution in [1.82, 2.24) is 0 Å². The number of hydrogen-bond acceptors (Lipinski definition) is 15. The largest absolute Gasteiger partial charge is 0.472 e. The lowest BCUT2D eigenvalue weighted by atomic mass is 10.0. The normalized spacial score (nSPS) is 14.4. The van der Waals surface area contributed by atoms with Crippen molar-refractivity contribution in [1.29, 1.82) is 0 Å². The zero-order valence-electron chi connectivity index (χ0n) is 60.8. The third-order valence-corrected chi connectivity index (χ3v) is 18.0. The molecule has 0 rings (SSSR count). The average molecular weight is 1400 g/mol. The number of aliphatic hydroxyl groups is 1. The number of carbonyl (C=O) groups is 4. The minimum Gasteiger partial charge on any atom is -0.462 e. The van der Waals surface area contributed by atoms with E-state index in [0.29, 0.717) is 25.7 Å². The van der Waals surface area contributed by atoms with Gasteiger partial charge in [-0.15, -0.1) is 0 Å². The SMILES string of the molecule is CC/C=C\C/C=C\C/C=C\CCCCCCCCCC(=O)OCC(COP(=O)(O)OCC(O)COP(=O)(O)OCC(COC(=O)CCCCCCCCCCCCCCCCC)OC(=O)CCCCCCC/C=C\CCCC)OC(=O)CCCCCCC/C=C\C/C=C\CCC. The minimum absolute atomic E-state index is 0.0784. The van der Waals surface area contributed by atoms with Crippen LogP contribution in [0.2, 0.25) is 0 Å². The number of phosphoric ester groups is 2. The minimum atomic E-state index is -4.97. The summed E-state index contributed by atoms with van der Waals surface area (Å²) in [7, 11) is -9.94. The van der Waals surface area contributed by atoms with Crippen molar-refractivity contribution in [2.75, 3.05) is 39.6 Å². The van der Waals surface area contributed by atoms with Gasteiger partial charge in [-0.3, -0.25) is 37.3 Å². The van der Waals surface area contributed by atoms with Gasteiger partial charge in [0.05, 0.1) is 26.4 Å². The van der Waals surface area contributed by atoms with Gasteiger partial charge in [0.1, 0.15) is 19.3 Å². The van der Waals surface area contributed by atoms with Crippen LogP contribution in [0.5, 0.6) is 0 Å². The van der Waals surface area contributed by atoms with Crippen molar-refractivity contribution in [2.24, 2.45) is 0 Å². The number of phosphoric acid groups is 2. The maximum Gasteiger partial charge on any atom is 0.472 e. The quantitative estimate of drug-likeness (QED) is 0.0169. The molecule has 0 saturated carbocycles. The molecule has 5 atom stereocenters. The smallest absolute Gasteiger partial charge is 0.462 e. The number of carbonyl (C=O) groups excluding carboxylic acids is 4. The van der Waals surface area contributed by atoms with E-state index in [0.717, 1.165) is 173 Å². The monoisotopic (exact) mass is 1400 g/mol. The van der Waals surface area contributed by atoms with Gasteiger partial charge in [-0.25, -0.2) is 9.13 Å². The van der Waals surface area contributed by atoms with Crippen LogP contribution in [0, 0.1) is 0 Å². The summed E-state index contributed by atoms with van der Waals surface area (Å²) < 4.78 is 68.4. The molecule has 96 heavy (non-hydrogen) atoms. The van der Waals surface area contributed by atoms with Gasteiger partial charge < -0.3 is 33.8 Å². The van der Waals surface area contributed by atoms with Gasteiger partial charge in [0, 0.05) is 25.7 Å². The highest BCUT2D eigenvalue weighted by Gasteiger charge is 2.30. The zero-order chi connectivity index (χ0) is 70.4. The van der Waals surface area contributed by atoms with Crippen LogP contribution in [-0.4, -0.2) is 96.7 Å². The molecule has 3 N–H and O–H groups in total. The van der Waals surface area contributed by atoms with E-state index in [1.165, 1.54) is 83.5 Å². The molecule has 19 heteroatoms. The number of allylic oxidation sites excluding steroid dienone is 12. The number of ether oxygens (including phenoxy) is 4. The van der Waals surface area contributed by atoms with Crippen LogP contribution in [0.3, 0.4) is 0 Å². The van der Waals surface area contributed by atoms with Crippen LogP contribution in [0.15, 0.2) is 72.9 Å². The summed E-state index contributed by atoms with van der Waals surface area (Å²) in [4.78, 5) is 72.8. The first kappa shape index (κ1) is 92.5. The highest BCUT2D eigenvalue weighted by molar-refractivity contribution is 7.47. The Morgan fingerprint density at radius 2 is 0.573 bits per heavy atom. The van der Waals surface area contributed by atoms with Gasteiger partial charge >= 0.3 is 39.5 Å². The van der Waals surface area contributed by atoms with E-state index in [1.807, 2.05) is 0 Å². The van der Waals surface area contributed by atoms with Crippen LogP contribution in [0.1, 0.15) is 336 Å². The van der Waals surface area contributed by atoms with Crippen LogP contribution in [-0.2, 0) is 65.4 Å². The average Bonchev–Trinajstić information content (AvgIpc) is 1.17. The molecule has 0 aromatic heterocycles. The summed E-state index contributed by atoms with van der Waals surface area (Å²) in [5.41, 5.74) is 0. The Morgan fingerprint density at radius 3 is 0.917 bits per heavy atom. The second-order valence-electron chi connectivity index (χ2n) is 25.6. The van der Waals surface area contributed by atoms with Crippen LogP contribution in [0.25, 0.3) is 0 Å². The lowest BCUT2D eigenvalue weighted by molar-refractivity contribution is -0.161. The lowest BCUT2D eigenvalue weighted by Crippen LogP contribution is -2.30. The molecule has 0 aromatic rings. The molecular weight excluding hydrogens is 1260 g/mol. The second-order valence-corrected chi connectivity index (χ2v) is 28.5. The van der Waals surface area contributed by atoms with Crippen molar-refractivity contribution in [3.05, 3.63) is 72.9 Å². The fraction of sp³-hybridized carbons (Fsp3) is 0.792. The number of aliphatic hydroxyl groups excluding tert-OH is 1. The predicted molar refractivity (Wildman–Crippen MR) is 390 cm³/mol. The Bertz CT molecular complexity index is 2110. The highest BCUT2D eigenvalue weighted by Crippen LogP contribution is 2.45. The van der Waals surface area contributed by atoms with Crippen molar-refractivity contribution in [2.45, 2.75) is 354 Å². The first-order valence-electron chi connectivity index (χ1n) is 38.2. The number of esters is 4. The van der Waals surface area contributed by atoms with E-state index in [4.69, 9.17) is 37.0 Å². The molecule has 0 radical (unpaired) electrons. The van der Waals surface area contributed by atoms with E-state index >= 15 is 0 Å². The molecule has 558 valence electrons. The maximum atomic E-state index is 13.1. The van der Waals surface area contributed by atoms with Gasteiger partial charge in [0.2, 0.25) is 0 Å². The summed E-state index contributed by atoms with van der Waals surface area (Å²) >= 11 is 0. The van der Waals surface area contributed by atoms with Crippen molar-refractivity contribution in [3.8, 4) is 0 Å². The summed E-state index contributed by atoms with van der Waals surface area (Å²) in [6.45, 7) is 4.67. The molecule has 0 bridgehead atoms. The lowest BCUT2D eigenvalue weighted by Gasteiger charge is -2.21.